The maximum atomic E-state index is 12.0. The molecule has 2 fully saturated rings. The highest BCUT2D eigenvalue weighted by Gasteiger charge is 2.80. The smallest absolute Gasteiger partial charge is 0.279 e. The molecule has 3 heterocycles. The van der Waals surface area contributed by atoms with Crippen molar-refractivity contribution in [3.8, 4) is 29.7 Å². The summed E-state index contributed by atoms with van der Waals surface area (Å²) in [6, 6.07) is 14.9. The Hall–Kier alpha value is -4.18. The lowest BCUT2D eigenvalue weighted by Crippen LogP contribution is -2.57. The number of benzene rings is 2. The van der Waals surface area contributed by atoms with Crippen molar-refractivity contribution in [2.24, 2.45) is 16.7 Å². The van der Waals surface area contributed by atoms with Crippen LogP contribution < -0.4 is 9.47 Å². The normalized spacial score (nSPS) is 29.4. The highest BCUT2D eigenvalue weighted by atomic mass is 79.9. The number of nitro benzene ring substituents is 1. The molecule has 12 heteroatoms. The number of hydrogen-bond donors (Lipinski definition) is 1. The standard InChI is InChI=1S/C23H14BrN5O6/c1-12-22(10-27)20(28)35-23(12,13-2-4-14(24)5-3-13)34-19(21(22,8-25)9-26)15-6-17-18(33-11-32-17)7-16(15)29(30)31/h2-7,12,19,28H,11H2,1H3. The lowest BCUT2D eigenvalue weighted by atomic mass is 9.53. The average molecular weight is 536 g/mol. The first-order chi connectivity index (χ1) is 16.7. The molecule has 0 radical (unpaired) electrons. The van der Waals surface area contributed by atoms with Gasteiger partial charge in [0.05, 0.1) is 40.7 Å². The number of nitro groups is 1. The second kappa shape index (κ2) is 7.41. The Balaban J connectivity index is 1.84. The second-order valence-corrected chi connectivity index (χ2v) is 9.21. The Bertz CT molecular complexity index is 1410. The first kappa shape index (κ1) is 22.6. The maximum Gasteiger partial charge on any atom is 0.279 e. The zero-order valence-electron chi connectivity index (χ0n) is 17.9. The SMILES string of the molecule is CC1C2(c3ccc(Br)cc3)OC(=N)C1(C#N)C(C#N)(C#N)C(c1cc3c(cc1[N+](=O)[O-])OCO3)O2. The third kappa shape index (κ3) is 2.62. The van der Waals surface area contributed by atoms with Crippen molar-refractivity contribution < 1.29 is 23.9 Å². The molecule has 3 aliphatic heterocycles. The van der Waals surface area contributed by atoms with Crippen molar-refractivity contribution >= 4 is 27.5 Å². The monoisotopic (exact) mass is 535 g/mol. The molecule has 0 aliphatic carbocycles. The molecule has 0 saturated carbocycles. The van der Waals surface area contributed by atoms with Gasteiger partial charge in [-0.3, -0.25) is 15.5 Å². The fourth-order valence-electron chi connectivity index (χ4n) is 5.14. The molecule has 4 unspecified atom stereocenters. The Morgan fingerprint density at radius 1 is 1.11 bits per heavy atom. The number of nitrogens with zero attached hydrogens (tertiary/aromatic N) is 4. The zero-order chi connectivity index (χ0) is 25.2. The van der Waals surface area contributed by atoms with Gasteiger partial charge in [-0.1, -0.05) is 35.0 Å². The van der Waals surface area contributed by atoms with Gasteiger partial charge in [0.1, 0.15) is 6.10 Å². The Labute approximate surface area is 206 Å². The molecule has 35 heavy (non-hydrogen) atoms. The van der Waals surface area contributed by atoms with Gasteiger partial charge in [0.2, 0.25) is 23.9 Å². The average Bonchev–Trinajstić information content (AvgIpc) is 3.37. The lowest BCUT2D eigenvalue weighted by molar-refractivity contribution is -0.387. The van der Waals surface area contributed by atoms with Crippen molar-refractivity contribution in [1.82, 2.24) is 0 Å². The Morgan fingerprint density at radius 2 is 1.74 bits per heavy atom. The number of fused-ring (bicyclic) bond motifs is 3. The van der Waals surface area contributed by atoms with Gasteiger partial charge in [0.15, 0.2) is 16.9 Å². The Kier molecular flexibility index (Phi) is 4.78. The number of nitriles is 3. The van der Waals surface area contributed by atoms with Crippen LogP contribution in [0.4, 0.5) is 5.69 Å². The quantitative estimate of drug-likeness (QED) is 0.445. The molecular formula is C23H14BrN5O6. The van der Waals surface area contributed by atoms with E-state index in [2.05, 4.69) is 15.9 Å². The van der Waals surface area contributed by atoms with Crippen LogP contribution in [-0.4, -0.2) is 17.6 Å². The van der Waals surface area contributed by atoms with Gasteiger partial charge in [-0.05, 0) is 18.2 Å². The predicted molar refractivity (Wildman–Crippen MR) is 119 cm³/mol. The van der Waals surface area contributed by atoms with Crippen LogP contribution in [0.3, 0.4) is 0 Å². The molecule has 2 bridgehead atoms. The largest absolute Gasteiger partial charge is 0.454 e. The summed E-state index contributed by atoms with van der Waals surface area (Å²) < 4.78 is 23.6. The maximum absolute atomic E-state index is 12.0. The van der Waals surface area contributed by atoms with Crippen molar-refractivity contribution in [3.63, 3.8) is 0 Å². The molecule has 0 aromatic heterocycles. The van der Waals surface area contributed by atoms with Gasteiger partial charge in [-0.25, -0.2) is 0 Å². The summed E-state index contributed by atoms with van der Waals surface area (Å²) >= 11 is 3.35. The molecule has 2 aromatic carbocycles. The van der Waals surface area contributed by atoms with E-state index in [9.17, 15) is 25.9 Å². The number of rotatable bonds is 3. The Morgan fingerprint density at radius 3 is 2.31 bits per heavy atom. The molecule has 0 amide bonds. The molecule has 3 aliphatic rings. The molecule has 4 atom stereocenters. The summed E-state index contributed by atoms with van der Waals surface area (Å²) in [5.41, 5.74) is -4.72. The predicted octanol–water partition coefficient (Wildman–Crippen LogP) is 4.20. The highest BCUT2D eigenvalue weighted by Crippen LogP contribution is 2.69. The number of ether oxygens (including phenoxy) is 4. The summed E-state index contributed by atoms with van der Waals surface area (Å²) in [5, 5.41) is 51.8. The van der Waals surface area contributed by atoms with Crippen LogP contribution in [0.5, 0.6) is 11.5 Å². The molecule has 2 saturated heterocycles. The minimum absolute atomic E-state index is 0.119. The fraction of sp³-hybridized carbons (Fsp3) is 0.304. The van der Waals surface area contributed by atoms with Gasteiger partial charge in [-0.2, -0.15) is 15.8 Å². The van der Waals surface area contributed by atoms with Gasteiger partial charge >= 0.3 is 0 Å². The molecule has 5 rings (SSSR count). The summed E-state index contributed by atoms with van der Waals surface area (Å²) in [6.07, 6.45) is -1.66. The first-order valence-corrected chi connectivity index (χ1v) is 11.0. The van der Waals surface area contributed by atoms with Gasteiger partial charge in [0, 0.05) is 10.0 Å². The highest BCUT2D eigenvalue weighted by molar-refractivity contribution is 9.10. The second-order valence-electron chi connectivity index (χ2n) is 8.30. The van der Waals surface area contributed by atoms with E-state index in [4.69, 9.17) is 24.4 Å². The molecule has 1 N–H and O–H groups in total. The van der Waals surface area contributed by atoms with Crippen LogP contribution in [0, 0.1) is 66.3 Å². The van der Waals surface area contributed by atoms with Crippen LogP contribution >= 0.6 is 15.9 Å². The molecule has 0 spiro atoms. The minimum Gasteiger partial charge on any atom is -0.454 e. The van der Waals surface area contributed by atoms with E-state index < -0.39 is 45.1 Å². The van der Waals surface area contributed by atoms with Crippen LogP contribution in [-0.2, 0) is 15.3 Å². The fourth-order valence-corrected chi connectivity index (χ4v) is 5.41. The number of hydrogen-bond acceptors (Lipinski definition) is 10. The third-order valence-corrected chi connectivity index (χ3v) is 7.45. The number of nitrogens with one attached hydrogen (secondary N) is 1. The summed E-state index contributed by atoms with van der Waals surface area (Å²) in [5.74, 6) is -3.13. The molecular weight excluding hydrogens is 522 g/mol. The molecule has 11 nitrogen and oxygen atoms in total. The summed E-state index contributed by atoms with van der Waals surface area (Å²) in [6.45, 7) is 1.39. The van der Waals surface area contributed by atoms with E-state index in [1.54, 1.807) is 31.2 Å². The minimum atomic E-state index is -2.37. The van der Waals surface area contributed by atoms with E-state index in [1.807, 2.05) is 18.2 Å². The van der Waals surface area contributed by atoms with E-state index in [0.29, 0.717) is 5.56 Å². The van der Waals surface area contributed by atoms with Crippen LogP contribution in [0.2, 0.25) is 0 Å². The van der Waals surface area contributed by atoms with Crippen molar-refractivity contribution in [1.29, 1.82) is 21.2 Å². The van der Waals surface area contributed by atoms with Crippen molar-refractivity contribution in [2.45, 2.75) is 18.8 Å². The zero-order valence-corrected chi connectivity index (χ0v) is 19.5. The van der Waals surface area contributed by atoms with E-state index in [-0.39, 0.29) is 23.9 Å². The van der Waals surface area contributed by atoms with Gasteiger partial charge < -0.3 is 18.9 Å². The molecule has 2 aromatic rings. The van der Waals surface area contributed by atoms with E-state index >= 15 is 0 Å². The first-order valence-electron chi connectivity index (χ1n) is 10.2. The van der Waals surface area contributed by atoms with E-state index in [0.717, 1.165) is 10.5 Å². The summed E-state index contributed by atoms with van der Waals surface area (Å²) in [4.78, 5) is 11.3. The van der Waals surface area contributed by atoms with Crippen LogP contribution in [0.15, 0.2) is 40.9 Å². The lowest BCUT2D eigenvalue weighted by Gasteiger charge is -2.48. The van der Waals surface area contributed by atoms with Crippen LogP contribution in [0.1, 0.15) is 24.2 Å². The van der Waals surface area contributed by atoms with Crippen molar-refractivity contribution in [2.75, 3.05) is 6.79 Å². The molecule has 174 valence electrons. The van der Waals surface area contributed by atoms with Gasteiger partial charge in [-0.15, -0.1) is 0 Å². The van der Waals surface area contributed by atoms with Gasteiger partial charge in [0.25, 0.3) is 5.69 Å². The summed E-state index contributed by atoms with van der Waals surface area (Å²) in [7, 11) is 0. The third-order valence-electron chi connectivity index (χ3n) is 6.92. The van der Waals surface area contributed by atoms with Crippen LogP contribution in [0.25, 0.3) is 0 Å². The van der Waals surface area contributed by atoms with Crippen molar-refractivity contribution in [3.05, 3.63) is 62.1 Å². The van der Waals surface area contributed by atoms with E-state index in [1.165, 1.54) is 6.07 Å². The number of halogens is 1. The topological polar surface area (TPSA) is 175 Å².